The fourth-order valence-electron chi connectivity index (χ4n) is 2.06. The van der Waals surface area contributed by atoms with Crippen LogP contribution in [-0.4, -0.2) is 63.7 Å². The maximum absolute atomic E-state index is 3.61. The maximum Gasteiger partial charge on any atom is 0.0106 e. The largest absolute Gasteiger partial charge is 0.316 e. The van der Waals surface area contributed by atoms with Crippen LogP contribution in [0.2, 0.25) is 0 Å². The molecule has 0 fully saturated rings. The minimum atomic E-state index is 0.385. The van der Waals surface area contributed by atoms with Gasteiger partial charge in [-0.3, -0.25) is 0 Å². The first-order valence-corrected chi connectivity index (χ1v) is 7.33. The van der Waals surface area contributed by atoms with Gasteiger partial charge in [0.25, 0.3) is 0 Å². The van der Waals surface area contributed by atoms with E-state index in [4.69, 9.17) is 0 Å². The Kier molecular flexibility index (Phi) is 8.83. The molecule has 0 aromatic carbocycles. The molecule has 0 radical (unpaired) electrons. The van der Waals surface area contributed by atoms with E-state index in [-0.39, 0.29) is 0 Å². The van der Waals surface area contributed by atoms with E-state index in [1.165, 1.54) is 13.0 Å². The molecule has 1 unspecified atom stereocenters. The van der Waals surface area contributed by atoms with Crippen LogP contribution in [0.5, 0.6) is 0 Å². The highest BCUT2D eigenvalue weighted by atomic mass is 15.2. The molecule has 1 N–H and O–H groups in total. The molecule has 0 aliphatic heterocycles. The highest BCUT2D eigenvalue weighted by Crippen LogP contribution is 2.21. The third-order valence-corrected chi connectivity index (χ3v) is 3.54. The summed E-state index contributed by atoms with van der Waals surface area (Å²) < 4.78 is 0. The molecule has 0 aliphatic rings. The van der Waals surface area contributed by atoms with Crippen LogP contribution in [0.25, 0.3) is 0 Å². The SMILES string of the molecule is CCC(C)(CNCC(C)C)CN(C)CCN(C)C. The minimum Gasteiger partial charge on any atom is -0.316 e. The Morgan fingerprint density at radius 2 is 1.72 bits per heavy atom. The molecule has 0 amide bonds. The lowest BCUT2D eigenvalue weighted by atomic mass is 9.86. The molecule has 0 aromatic rings. The van der Waals surface area contributed by atoms with Gasteiger partial charge in [0.05, 0.1) is 0 Å². The quantitative estimate of drug-likeness (QED) is 0.647. The van der Waals surface area contributed by atoms with Crippen molar-refractivity contribution in [3.63, 3.8) is 0 Å². The molecular weight excluding hydrogens is 222 g/mol. The van der Waals surface area contributed by atoms with E-state index in [0.29, 0.717) is 5.41 Å². The lowest BCUT2D eigenvalue weighted by Crippen LogP contribution is -2.43. The number of nitrogens with zero attached hydrogens (tertiary/aromatic N) is 2. The van der Waals surface area contributed by atoms with Gasteiger partial charge in [-0.25, -0.2) is 0 Å². The zero-order valence-corrected chi connectivity index (χ0v) is 13.7. The summed E-state index contributed by atoms with van der Waals surface area (Å²) in [6.45, 7) is 14.9. The highest BCUT2D eigenvalue weighted by Gasteiger charge is 2.23. The van der Waals surface area contributed by atoms with Gasteiger partial charge in [0, 0.05) is 26.2 Å². The van der Waals surface area contributed by atoms with Gasteiger partial charge < -0.3 is 15.1 Å². The van der Waals surface area contributed by atoms with Crippen LogP contribution in [0.3, 0.4) is 0 Å². The van der Waals surface area contributed by atoms with E-state index in [1.807, 2.05) is 0 Å². The summed E-state index contributed by atoms with van der Waals surface area (Å²) in [5.41, 5.74) is 0.385. The van der Waals surface area contributed by atoms with Crippen molar-refractivity contribution in [1.29, 1.82) is 0 Å². The number of hydrogen-bond acceptors (Lipinski definition) is 3. The van der Waals surface area contributed by atoms with Crippen molar-refractivity contribution < 1.29 is 0 Å². The predicted molar refractivity (Wildman–Crippen MR) is 82.2 cm³/mol. The fourth-order valence-corrected chi connectivity index (χ4v) is 2.06. The Balaban J connectivity index is 4.04. The molecular formula is C15H35N3. The summed E-state index contributed by atoms with van der Waals surface area (Å²) in [4.78, 5) is 4.71. The first-order valence-electron chi connectivity index (χ1n) is 7.33. The number of hydrogen-bond donors (Lipinski definition) is 1. The summed E-state index contributed by atoms with van der Waals surface area (Å²) in [5, 5.41) is 3.61. The van der Waals surface area contributed by atoms with Gasteiger partial charge in [0.1, 0.15) is 0 Å². The van der Waals surface area contributed by atoms with Gasteiger partial charge in [-0.15, -0.1) is 0 Å². The van der Waals surface area contributed by atoms with Crippen LogP contribution >= 0.6 is 0 Å². The average Bonchev–Trinajstić information content (AvgIpc) is 2.25. The number of nitrogens with one attached hydrogen (secondary N) is 1. The molecule has 0 saturated carbocycles. The molecule has 0 spiro atoms. The van der Waals surface area contributed by atoms with E-state index in [2.05, 4.69) is 64.0 Å². The molecule has 18 heavy (non-hydrogen) atoms. The second kappa shape index (κ2) is 8.89. The van der Waals surface area contributed by atoms with Gasteiger partial charge >= 0.3 is 0 Å². The van der Waals surface area contributed by atoms with Crippen LogP contribution in [0.15, 0.2) is 0 Å². The summed E-state index contributed by atoms with van der Waals surface area (Å²) in [5.74, 6) is 0.734. The van der Waals surface area contributed by atoms with E-state index >= 15 is 0 Å². The average molecular weight is 257 g/mol. The van der Waals surface area contributed by atoms with Gasteiger partial charge in [-0.1, -0.05) is 27.7 Å². The second-order valence-electron chi connectivity index (χ2n) is 6.73. The summed E-state index contributed by atoms with van der Waals surface area (Å²) >= 11 is 0. The van der Waals surface area contributed by atoms with Gasteiger partial charge in [0.2, 0.25) is 0 Å². The molecule has 0 aromatic heterocycles. The molecule has 3 nitrogen and oxygen atoms in total. The smallest absolute Gasteiger partial charge is 0.0106 e. The van der Waals surface area contributed by atoms with Crippen LogP contribution in [0.4, 0.5) is 0 Å². The van der Waals surface area contributed by atoms with E-state index < -0.39 is 0 Å². The molecule has 110 valence electrons. The Labute approximate surface area is 115 Å². The van der Waals surface area contributed by atoms with Crippen LogP contribution in [0.1, 0.15) is 34.1 Å². The summed E-state index contributed by atoms with van der Waals surface area (Å²) in [6, 6.07) is 0. The van der Waals surface area contributed by atoms with Crippen LogP contribution < -0.4 is 5.32 Å². The van der Waals surface area contributed by atoms with Crippen molar-refractivity contribution in [2.24, 2.45) is 11.3 Å². The van der Waals surface area contributed by atoms with Crippen LogP contribution in [0, 0.1) is 11.3 Å². The normalized spacial score (nSPS) is 15.7. The maximum atomic E-state index is 3.61. The van der Waals surface area contributed by atoms with Gasteiger partial charge in [-0.2, -0.15) is 0 Å². The monoisotopic (exact) mass is 257 g/mol. The van der Waals surface area contributed by atoms with Crippen molar-refractivity contribution in [2.45, 2.75) is 34.1 Å². The van der Waals surface area contributed by atoms with Crippen molar-refractivity contribution in [3.05, 3.63) is 0 Å². The molecule has 0 bridgehead atoms. The first-order chi connectivity index (χ1) is 8.29. The predicted octanol–water partition coefficient (Wildman–Crippen LogP) is 2.14. The third kappa shape index (κ3) is 8.90. The second-order valence-corrected chi connectivity index (χ2v) is 6.73. The number of likely N-dealkylation sites (N-methyl/N-ethyl adjacent to an activating group) is 2. The summed E-state index contributed by atoms with van der Waals surface area (Å²) in [7, 11) is 6.51. The van der Waals surface area contributed by atoms with Crippen LogP contribution in [-0.2, 0) is 0 Å². The topological polar surface area (TPSA) is 18.5 Å². The molecule has 0 rings (SSSR count). The van der Waals surface area contributed by atoms with Crippen molar-refractivity contribution in [1.82, 2.24) is 15.1 Å². The zero-order chi connectivity index (χ0) is 14.2. The van der Waals surface area contributed by atoms with E-state index in [1.54, 1.807) is 0 Å². The standard InChI is InChI=1S/C15H35N3/c1-8-15(4,12-16-11-14(2)3)13-18(7)10-9-17(5)6/h14,16H,8-13H2,1-7H3. The first kappa shape index (κ1) is 17.9. The molecule has 0 heterocycles. The molecule has 1 atom stereocenters. The van der Waals surface area contributed by atoms with Gasteiger partial charge in [0.15, 0.2) is 0 Å². The van der Waals surface area contributed by atoms with Crippen molar-refractivity contribution in [2.75, 3.05) is 53.9 Å². The van der Waals surface area contributed by atoms with Gasteiger partial charge in [-0.05, 0) is 45.4 Å². The zero-order valence-electron chi connectivity index (χ0n) is 13.7. The lowest BCUT2D eigenvalue weighted by molar-refractivity contribution is 0.169. The molecule has 0 aliphatic carbocycles. The molecule has 0 saturated heterocycles. The third-order valence-electron chi connectivity index (χ3n) is 3.54. The summed E-state index contributed by atoms with van der Waals surface area (Å²) in [6.07, 6.45) is 1.23. The van der Waals surface area contributed by atoms with Crippen molar-refractivity contribution in [3.8, 4) is 0 Å². The Hall–Kier alpha value is -0.120. The van der Waals surface area contributed by atoms with Crippen molar-refractivity contribution >= 4 is 0 Å². The van der Waals surface area contributed by atoms with E-state index in [0.717, 1.165) is 32.1 Å². The minimum absolute atomic E-state index is 0.385. The lowest BCUT2D eigenvalue weighted by Gasteiger charge is -2.34. The Morgan fingerprint density at radius 1 is 1.11 bits per heavy atom. The number of rotatable bonds is 10. The fraction of sp³-hybridized carbons (Fsp3) is 1.00. The Bertz CT molecular complexity index is 204. The molecule has 3 heteroatoms. The Morgan fingerprint density at radius 3 is 2.17 bits per heavy atom. The van der Waals surface area contributed by atoms with E-state index in [9.17, 15) is 0 Å². The highest BCUT2D eigenvalue weighted by molar-refractivity contribution is 4.79.